The van der Waals surface area contributed by atoms with Crippen molar-refractivity contribution in [1.82, 2.24) is 4.98 Å². The highest BCUT2D eigenvalue weighted by atomic mass is 14.7. The summed E-state index contributed by atoms with van der Waals surface area (Å²) < 4.78 is 0. The lowest BCUT2D eigenvalue weighted by Crippen LogP contribution is -1.93. The number of nitrogens with zero attached hydrogens (tertiary/aromatic N) is 1. The van der Waals surface area contributed by atoms with Crippen LogP contribution >= 0.6 is 0 Å². The van der Waals surface area contributed by atoms with Crippen LogP contribution in [0.4, 0.5) is 5.69 Å². The van der Waals surface area contributed by atoms with Crippen LogP contribution in [0.15, 0.2) is 66.9 Å². The Hall–Kier alpha value is -2.61. The number of rotatable bonds is 3. The van der Waals surface area contributed by atoms with Gasteiger partial charge in [-0.2, -0.15) is 0 Å². The molecule has 0 unspecified atom stereocenters. The van der Waals surface area contributed by atoms with Gasteiger partial charge in [0.2, 0.25) is 0 Å². The topological polar surface area (TPSA) is 38.9 Å². The number of aryl methyl sites for hydroxylation is 1. The smallest absolute Gasteiger partial charge is 0.0732 e. The number of anilines is 1. The average Bonchev–Trinajstić information content (AvgIpc) is 2.49. The van der Waals surface area contributed by atoms with E-state index in [0.717, 1.165) is 23.2 Å². The molecule has 0 aliphatic heterocycles. The maximum Gasteiger partial charge on any atom is 0.0732 e. The molecule has 0 radical (unpaired) electrons. The first-order valence-corrected chi connectivity index (χ1v) is 7.08. The highest BCUT2D eigenvalue weighted by Gasteiger charge is 2.04. The van der Waals surface area contributed by atoms with Crippen LogP contribution in [-0.2, 0) is 6.42 Å². The monoisotopic (exact) mass is 274 g/mol. The lowest BCUT2D eigenvalue weighted by atomic mass is 10.0. The molecule has 2 nitrogen and oxygen atoms in total. The highest BCUT2D eigenvalue weighted by molar-refractivity contribution is 5.65. The van der Waals surface area contributed by atoms with Crippen LogP contribution in [0.3, 0.4) is 0 Å². The summed E-state index contributed by atoms with van der Waals surface area (Å²) in [7, 11) is 0. The van der Waals surface area contributed by atoms with Crippen molar-refractivity contribution in [2.45, 2.75) is 13.3 Å². The van der Waals surface area contributed by atoms with E-state index in [4.69, 9.17) is 5.73 Å². The maximum atomic E-state index is 5.75. The van der Waals surface area contributed by atoms with Crippen molar-refractivity contribution >= 4 is 5.69 Å². The third-order valence-electron chi connectivity index (χ3n) is 3.58. The summed E-state index contributed by atoms with van der Waals surface area (Å²) in [4.78, 5) is 4.44. The normalized spacial score (nSPS) is 10.5. The third kappa shape index (κ3) is 3.11. The van der Waals surface area contributed by atoms with Gasteiger partial charge in [-0.3, -0.25) is 4.98 Å². The Balaban J connectivity index is 1.84. The summed E-state index contributed by atoms with van der Waals surface area (Å²) in [5, 5.41) is 0. The zero-order valence-electron chi connectivity index (χ0n) is 12.1. The molecule has 2 aromatic carbocycles. The summed E-state index contributed by atoms with van der Waals surface area (Å²) in [5.74, 6) is 0. The molecular formula is C19H18N2. The molecule has 2 heteroatoms. The highest BCUT2D eigenvalue weighted by Crippen LogP contribution is 2.23. The molecule has 0 saturated carbocycles. The minimum Gasteiger partial charge on any atom is -0.397 e. The number of pyridine rings is 1. The van der Waals surface area contributed by atoms with Gasteiger partial charge in [-0.25, -0.2) is 0 Å². The molecule has 0 saturated heterocycles. The Morgan fingerprint density at radius 2 is 1.57 bits per heavy atom. The van der Waals surface area contributed by atoms with Crippen LogP contribution < -0.4 is 5.73 Å². The Labute approximate surface area is 125 Å². The van der Waals surface area contributed by atoms with E-state index < -0.39 is 0 Å². The van der Waals surface area contributed by atoms with Crippen molar-refractivity contribution in [3.05, 3.63) is 83.6 Å². The Morgan fingerprint density at radius 3 is 2.24 bits per heavy atom. The second-order valence-electron chi connectivity index (χ2n) is 5.29. The van der Waals surface area contributed by atoms with Crippen molar-refractivity contribution < 1.29 is 0 Å². The number of hydrogen-bond donors (Lipinski definition) is 1. The number of aromatic nitrogens is 1. The van der Waals surface area contributed by atoms with Gasteiger partial charge in [-0.1, -0.05) is 54.6 Å². The second-order valence-corrected chi connectivity index (χ2v) is 5.29. The molecule has 0 atom stereocenters. The van der Waals surface area contributed by atoms with Gasteiger partial charge in [-0.15, -0.1) is 0 Å². The molecule has 1 aromatic heterocycles. The summed E-state index contributed by atoms with van der Waals surface area (Å²) in [6.07, 6.45) is 2.66. The van der Waals surface area contributed by atoms with Crippen LogP contribution in [0, 0.1) is 6.92 Å². The van der Waals surface area contributed by atoms with Gasteiger partial charge in [0.25, 0.3) is 0 Å². The molecule has 2 N–H and O–H groups in total. The molecular weight excluding hydrogens is 256 g/mol. The van der Waals surface area contributed by atoms with Crippen molar-refractivity contribution in [2.75, 3.05) is 5.73 Å². The summed E-state index contributed by atoms with van der Waals surface area (Å²) in [5.41, 5.74) is 12.3. The summed E-state index contributed by atoms with van der Waals surface area (Å²) in [6.45, 7) is 2.04. The first-order valence-electron chi connectivity index (χ1n) is 7.08. The first-order chi connectivity index (χ1) is 10.2. The lowest BCUT2D eigenvalue weighted by Gasteiger charge is -2.07. The first kappa shape index (κ1) is 13.4. The van der Waals surface area contributed by atoms with E-state index in [9.17, 15) is 0 Å². The molecule has 3 rings (SSSR count). The van der Waals surface area contributed by atoms with E-state index in [1.807, 2.05) is 19.1 Å². The molecule has 3 aromatic rings. The van der Waals surface area contributed by atoms with Crippen LogP contribution in [-0.4, -0.2) is 4.98 Å². The molecule has 0 aliphatic carbocycles. The predicted molar refractivity (Wildman–Crippen MR) is 88.1 cm³/mol. The Kier molecular flexibility index (Phi) is 3.69. The number of hydrogen-bond acceptors (Lipinski definition) is 2. The second kappa shape index (κ2) is 5.80. The zero-order valence-corrected chi connectivity index (χ0v) is 12.1. The van der Waals surface area contributed by atoms with Crippen molar-refractivity contribution in [3.8, 4) is 11.3 Å². The van der Waals surface area contributed by atoms with Gasteiger partial charge >= 0.3 is 0 Å². The molecule has 0 fully saturated rings. The number of nitrogen functional groups attached to an aromatic ring is 1. The molecule has 21 heavy (non-hydrogen) atoms. The van der Waals surface area contributed by atoms with Crippen LogP contribution in [0.5, 0.6) is 0 Å². The minimum atomic E-state index is 0.706. The van der Waals surface area contributed by atoms with Crippen molar-refractivity contribution in [1.29, 1.82) is 0 Å². The van der Waals surface area contributed by atoms with Crippen molar-refractivity contribution in [2.24, 2.45) is 0 Å². The molecule has 0 spiro atoms. The lowest BCUT2D eigenvalue weighted by molar-refractivity contribution is 1.19. The van der Waals surface area contributed by atoms with Crippen LogP contribution in [0.1, 0.15) is 16.7 Å². The van der Waals surface area contributed by atoms with E-state index in [1.165, 1.54) is 11.1 Å². The number of benzene rings is 2. The average molecular weight is 274 g/mol. The van der Waals surface area contributed by atoms with Gasteiger partial charge in [0.05, 0.1) is 17.6 Å². The van der Waals surface area contributed by atoms with Crippen LogP contribution in [0.25, 0.3) is 11.3 Å². The molecule has 0 aliphatic rings. The van der Waals surface area contributed by atoms with E-state index in [1.54, 1.807) is 6.20 Å². The maximum absolute atomic E-state index is 5.75. The van der Waals surface area contributed by atoms with E-state index in [2.05, 4.69) is 53.5 Å². The van der Waals surface area contributed by atoms with Gasteiger partial charge < -0.3 is 5.73 Å². The van der Waals surface area contributed by atoms with E-state index in [-0.39, 0.29) is 0 Å². The standard InChI is InChI=1S/C19H18N2/c1-14-11-18(20)13-21-19(14)17-9-7-16(8-10-17)12-15-5-3-2-4-6-15/h2-11,13H,12,20H2,1H3. The summed E-state index contributed by atoms with van der Waals surface area (Å²) >= 11 is 0. The van der Waals surface area contributed by atoms with E-state index in [0.29, 0.717) is 5.69 Å². The molecule has 104 valence electrons. The SMILES string of the molecule is Cc1cc(N)cnc1-c1ccc(Cc2ccccc2)cc1. The van der Waals surface area contributed by atoms with Crippen molar-refractivity contribution in [3.63, 3.8) is 0 Å². The quantitative estimate of drug-likeness (QED) is 0.776. The van der Waals surface area contributed by atoms with Gasteiger partial charge in [0.1, 0.15) is 0 Å². The largest absolute Gasteiger partial charge is 0.397 e. The fraction of sp³-hybridized carbons (Fsp3) is 0.105. The summed E-state index contributed by atoms with van der Waals surface area (Å²) in [6, 6.07) is 21.0. The van der Waals surface area contributed by atoms with Crippen LogP contribution in [0.2, 0.25) is 0 Å². The Morgan fingerprint density at radius 1 is 0.905 bits per heavy atom. The number of nitrogens with two attached hydrogens (primary N) is 1. The molecule has 0 bridgehead atoms. The minimum absolute atomic E-state index is 0.706. The fourth-order valence-electron chi connectivity index (χ4n) is 2.51. The molecule has 0 amide bonds. The third-order valence-corrected chi connectivity index (χ3v) is 3.58. The van der Waals surface area contributed by atoms with E-state index >= 15 is 0 Å². The Bertz CT molecular complexity index is 731. The van der Waals surface area contributed by atoms with Gasteiger partial charge in [0, 0.05) is 5.56 Å². The predicted octanol–water partition coefficient (Wildman–Crippen LogP) is 4.23. The van der Waals surface area contributed by atoms with Gasteiger partial charge in [-0.05, 0) is 36.1 Å². The van der Waals surface area contributed by atoms with Gasteiger partial charge in [0.15, 0.2) is 0 Å². The fourth-order valence-corrected chi connectivity index (χ4v) is 2.51. The zero-order chi connectivity index (χ0) is 14.7. The molecule has 1 heterocycles.